The van der Waals surface area contributed by atoms with E-state index in [9.17, 15) is 9.59 Å². The van der Waals surface area contributed by atoms with Gasteiger partial charge in [-0.1, -0.05) is 45.9 Å². The van der Waals surface area contributed by atoms with Crippen LogP contribution in [0.3, 0.4) is 0 Å². The van der Waals surface area contributed by atoms with Gasteiger partial charge in [0, 0.05) is 24.7 Å². The number of nitrogens with one attached hydrogen (secondary N) is 1. The monoisotopic (exact) mass is 438 g/mol. The second-order valence-corrected chi connectivity index (χ2v) is 5.87. The Hall–Kier alpha value is -3.78. The number of carboxylic acids is 1. The highest BCUT2D eigenvalue weighted by Gasteiger charge is 2.09. The lowest BCUT2D eigenvalue weighted by Crippen LogP contribution is -2.22. The standard InChI is InChI=1S/C20H18N4O4.2C2H6/c21-10-16-9-18(24-12-23-16)28-17-3-1-2-15(8-17)19(25)22-11-13-4-6-14(7-5-13)20(26)27;2*1-2/h1-9,12H,10-11,21H2,(H,22,25)(H,26,27);2*1-2H3. The number of hydrogen-bond acceptors (Lipinski definition) is 6. The normalized spacial score (nSPS) is 9.41. The maximum Gasteiger partial charge on any atom is 0.335 e. The topological polar surface area (TPSA) is 127 Å². The summed E-state index contributed by atoms with van der Waals surface area (Å²) in [5, 5.41) is 11.7. The molecular formula is C24H30N4O4. The number of carboxylic acid groups (broad SMARTS) is 1. The van der Waals surface area contributed by atoms with Crippen molar-refractivity contribution in [1.29, 1.82) is 0 Å². The van der Waals surface area contributed by atoms with E-state index in [0.717, 1.165) is 5.56 Å². The largest absolute Gasteiger partial charge is 0.478 e. The van der Waals surface area contributed by atoms with Gasteiger partial charge >= 0.3 is 5.97 Å². The number of rotatable bonds is 7. The van der Waals surface area contributed by atoms with Crippen molar-refractivity contribution in [1.82, 2.24) is 15.3 Å². The smallest absolute Gasteiger partial charge is 0.335 e. The molecule has 2 aromatic carbocycles. The molecule has 1 heterocycles. The average molecular weight is 439 g/mol. The van der Waals surface area contributed by atoms with Crippen molar-refractivity contribution in [3.63, 3.8) is 0 Å². The molecule has 3 rings (SSSR count). The highest BCUT2D eigenvalue weighted by molar-refractivity contribution is 5.94. The molecule has 1 amide bonds. The van der Waals surface area contributed by atoms with Crippen molar-refractivity contribution in [3.05, 3.63) is 83.3 Å². The van der Waals surface area contributed by atoms with Crippen molar-refractivity contribution in [2.75, 3.05) is 0 Å². The molecule has 0 saturated carbocycles. The van der Waals surface area contributed by atoms with Crippen molar-refractivity contribution >= 4 is 11.9 Å². The number of aromatic carboxylic acids is 1. The minimum absolute atomic E-state index is 0.197. The van der Waals surface area contributed by atoms with Gasteiger partial charge in [0.1, 0.15) is 12.1 Å². The molecule has 32 heavy (non-hydrogen) atoms. The number of amides is 1. The van der Waals surface area contributed by atoms with Gasteiger partial charge in [0.05, 0.1) is 11.3 Å². The van der Waals surface area contributed by atoms with Crippen LogP contribution in [0.4, 0.5) is 0 Å². The summed E-state index contributed by atoms with van der Waals surface area (Å²) in [7, 11) is 0. The molecule has 0 spiro atoms. The molecule has 0 atom stereocenters. The van der Waals surface area contributed by atoms with Crippen molar-refractivity contribution in [2.24, 2.45) is 5.73 Å². The minimum atomic E-state index is -0.991. The first-order valence-corrected chi connectivity index (χ1v) is 10.4. The summed E-state index contributed by atoms with van der Waals surface area (Å²) in [6, 6.07) is 14.6. The molecule has 0 unspecified atom stereocenters. The minimum Gasteiger partial charge on any atom is -0.478 e. The molecule has 0 bridgehead atoms. The lowest BCUT2D eigenvalue weighted by Gasteiger charge is -2.09. The van der Waals surface area contributed by atoms with Gasteiger partial charge in [0.15, 0.2) is 0 Å². The van der Waals surface area contributed by atoms with E-state index in [1.54, 1.807) is 42.5 Å². The molecule has 8 nitrogen and oxygen atoms in total. The molecule has 1 aromatic heterocycles. The summed E-state index contributed by atoms with van der Waals surface area (Å²) in [4.78, 5) is 31.3. The van der Waals surface area contributed by atoms with Crippen LogP contribution in [0.25, 0.3) is 0 Å². The number of nitrogens with zero attached hydrogens (tertiary/aromatic N) is 2. The number of ether oxygens (including phenoxy) is 1. The predicted octanol–water partition coefficient (Wildman–Crippen LogP) is 4.41. The second-order valence-electron chi connectivity index (χ2n) is 5.87. The molecule has 3 aromatic rings. The molecule has 0 aliphatic rings. The summed E-state index contributed by atoms with van der Waals surface area (Å²) in [6.07, 6.45) is 1.36. The van der Waals surface area contributed by atoms with Crippen LogP contribution in [0, 0.1) is 0 Å². The van der Waals surface area contributed by atoms with E-state index < -0.39 is 5.97 Å². The van der Waals surface area contributed by atoms with Crippen LogP contribution in [0.15, 0.2) is 60.9 Å². The molecule has 0 radical (unpaired) electrons. The number of nitrogens with two attached hydrogens (primary N) is 1. The first-order valence-electron chi connectivity index (χ1n) is 10.4. The van der Waals surface area contributed by atoms with E-state index >= 15 is 0 Å². The Kier molecular flexibility index (Phi) is 11.7. The van der Waals surface area contributed by atoms with Gasteiger partial charge in [-0.05, 0) is 35.9 Å². The zero-order valence-corrected chi connectivity index (χ0v) is 18.8. The first kappa shape index (κ1) is 26.3. The van der Waals surface area contributed by atoms with Crippen LogP contribution >= 0.6 is 0 Å². The summed E-state index contributed by atoms with van der Waals surface area (Å²) >= 11 is 0. The summed E-state index contributed by atoms with van der Waals surface area (Å²) in [6.45, 7) is 8.55. The fourth-order valence-corrected chi connectivity index (χ4v) is 2.42. The number of benzene rings is 2. The third-order valence-electron chi connectivity index (χ3n) is 3.88. The Morgan fingerprint density at radius 1 is 0.969 bits per heavy atom. The Morgan fingerprint density at radius 2 is 1.66 bits per heavy atom. The van der Waals surface area contributed by atoms with Gasteiger partial charge in [0.2, 0.25) is 5.88 Å². The van der Waals surface area contributed by atoms with Crippen molar-refractivity contribution < 1.29 is 19.4 Å². The van der Waals surface area contributed by atoms with E-state index in [2.05, 4.69) is 15.3 Å². The van der Waals surface area contributed by atoms with E-state index in [1.807, 2.05) is 27.7 Å². The molecule has 170 valence electrons. The molecule has 0 saturated heterocycles. The van der Waals surface area contributed by atoms with Crippen LogP contribution in [0.2, 0.25) is 0 Å². The third-order valence-corrected chi connectivity index (χ3v) is 3.88. The Labute approximate surface area is 188 Å². The number of carbonyl (C=O) groups excluding carboxylic acids is 1. The predicted molar refractivity (Wildman–Crippen MR) is 124 cm³/mol. The van der Waals surface area contributed by atoms with Crippen molar-refractivity contribution in [3.8, 4) is 11.6 Å². The maximum absolute atomic E-state index is 12.4. The summed E-state index contributed by atoms with van der Waals surface area (Å²) in [5.74, 6) is -0.473. The molecule has 4 N–H and O–H groups in total. The molecule has 0 aliphatic carbocycles. The maximum atomic E-state index is 12.4. The Bertz CT molecular complexity index is 991. The molecular weight excluding hydrogens is 408 g/mol. The number of aromatic nitrogens is 2. The average Bonchev–Trinajstić information content (AvgIpc) is 2.85. The van der Waals surface area contributed by atoms with Crippen LogP contribution in [0.1, 0.15) is 59.7 Å². The van der Waals surface area contributed by atoms with Crippen LogP contribution in [-0.2, 0) is 13.1 Å². The first-order chi connectivity index (χ1) is 15.5. The highest BCUT2D eigenvalue weighted by atomic mass is 16.5. The zero-order chi connectivity index (χ0) is 23.9. The van der Waals surface area contributed by atoms with E-state index in [0.29, 0.717) is 22.9 Å². The molecule has 0 fully saturated rings. The van der Waals surface area contributed by atoms with Gasteiger partial charge in [0.25, 0.3) is 5.91 Å². The fourth-order valence-electron chi connectivity index (χ4n) is 2.42. The van der Waals surface area contributed by atoms with E-state index in [-0.39, 0.29) is 24.6 Å². The Morgan fingerprint density at radius 3 is 2.28 bits per heavy atom. The van der Waals surface area contributed by atoms with Gasteiger partial charge in [-0.15, -0.1) is 0 Å². The lowest BCUT2D eigenvalue weighted by atomic mass is 10.1. The van der Waals surface area contributed by atoms with Gasteiger partial charge in [-0.2, -0.15) is 0 Å². The Balaban J connectivity index is 0.00000121. The van der Waals surface area contributed by atoms with Crippen LogP contribution < -0.4 is 15.8 Å². The van der Waals surface area contributed by atoms with Gasteiger partial charge < -0.3 is 20.9 Å². The fraction of sp³-hybridized carbons (Fsp3) is 0.250. The third kappa shape index (κ3) is 8.16. The van der Waals surface area contributed by atoms with Gasteiger partial charge in [-0.25, -0.2) is 14.8 Å². The SMILES string of the molecule is CC.CC.NCc1cc(Oc2cccc(C(=O)NCc3ccc(C(=O)O)cc3)c2)ncn1. The van der Waals surface area contributed by atoms with Gasteiger partial charge in [-0.3, -0.25) is 4.79 Å². The van der Waals surface area contributed by atoms with Crippen LogP contribution in [0.5, 0.6) is 11.6 Å². The number of carbonyl (C=O) groups is 2. The van der Waals surface area contributed by atoms with E-state index in [4.69, 9.17) is 15.6 Å². The second kappa shape index (κ2) is 14.3. The zero-order valence-electron chi connectivity index (χ0n) is 18.8. The van der Waals surface area contributed by atoms with Crippen LogP contribution in [-0.4, -0.2) is 27.0 Å². The number of hydrogen-bond donors (Lipinski definition) is 3. The highest BCUT2D eigenvalue weighted by Crippen LogP contribution is 2.20. The molecule has 0 aliphatic heterocycles. The lowest BCUT2D eigenvalue weighted by molar-refractivity contribution is 0.0696. The van der Waals surface area contributed by atoms with E-state index in [1.165, 1.54) is 18.5 Å². The summed E-state index contributed by atoms with van der Waals surface area (Å²) in [5.41, 5.74) is 7.61. The van der Waals surface area contributed by atoms with Crippen molar-refractivity contribution in [2.45, 2.75) is 40.8 Å². The summed E-state index contributed by atoms with van der Waals surface area (Å²) < 4.78 is 5.67. The quantitative estimate of drug-likeness (QED) is 0.498. The molecule has 8 heteroatoms.